The highest BCUT2D eigenvalue weighted by Gasteiger charge is 2.41. The van der Waals surface area contributed by atoms with E-state index in [4.69, 9.17) is 128 Å². The van der Waals surface area contributed by atoms with E-state index < -0.39 is 68.8 Å². The zero-order valence-electron chi connectivity index (χ0n) is 78.9. The first-order valence-electron chi connectivity index (χ1n) is 44.2. The number of rotatable bonds is 81. The van der Waals surface area contributed by atoms with Crippen molar-refractivity contribution in [2.45, 2.75) is 80.1 Å². The Morgan fingerprint density at radius 3 is 0.577 bits per heavy atom. The molecule has 740 valence electrons. The minimum atomic E-state index is -0.988. The van der Waals surface area contributed by atoms with E-state index in [1.807, 2.05) is 41.5 Å². The number of carbonyl (C=O) groups is 6. The molecule has 0 heterocycles. The fourth-order valence-electron chi connectivity index (χ4n) is 13.0. The molecule has 0 saturated heterocycles. The molecule has 0 aliphatic heterocycles. The summed E-state index contributed by atoms with van der Waals surface area (Å²) in [6.07, 6.45) is 1.60. The van der Waals surface area contributed by atoms with Gasteiger partial charge in [-0.1, -0.05) is 41.5 Å². The molecule has 0 spiro atoms. The van der Waals surface area contributed by atoms with Crippen LogP contribution in [0.3, 0.4) is 0 Å². The maximum atomic E-state index is 14.1. The van der Waals surface area contributed by atoms with Crippen LogP contribution in [0, 0.1) is 50.2 Å². The average molecular weight is 1860 g/mol. The van der Waals surface area contributed by atoms with Crippen molar-refractivity contribution < 1.29 is 157 Å². The molecular formula is C90H147N7O33. The van der Waals surface area contributed by atoms with Gasteiger partial charge in [-0.3, -0.25) is 4.90 Å². The van der Waals surface area contributed by atoms with Crippen LogP contribution in [0.1, 0.15) is 80.1 Å². The number of hydrogen-bond donors (Lipinski definition) is 3. The summed E-state index contributed by atoms with van der Waals surface area (Å²) in [7, 11) is 9.40. The van der Waals surface area contributed by atoms with E-state index in [0.717, 1.165) is 0 Å². The first kappa shape index (κ1) is 116. The van der Waals surface area contributed by atoms with Gasteiger partial charge in [-0.05, 0) is 71.5 Å². The second-order valence-electron chi connectivity index (χ2n) is 31.6. The van der Waals surface area contributed by atoms with Crippen LogP contribution in [0.4, 0.5) is 0 Å². The zero-order chi connectivity index (χ0) is 95.0. The van der Waals surface area contributed by atoms with E-state index in [9.17, 15) is 44.6 Å². The maximum absolute atomic E-state index is 14.1. The van der Waals surface area contributed by atoms with Gasteiger partial charge >= 0.3 is 35.8 Å². The number of nitrogens with one attached hydrogen (secondary N) is 3. The van der Waals surface area contributed by atoms with Gasteiger partial charge in [-0.2, -0.15) is 15.8 Å². The van der Waals surface area contributed by atoms with Gasteiger partial charge in [0.05, 0.1) is 255 Å². The van der Waals surface area contributed by atoms with E-state index in [1.165, 1.54) is 0 Å². The molecule has 0 aromatic heterocycles. The summed E-state index contributed by atoms with van der Waals surface area (Å²) in [5.41, 5.74) is -0.770. The van der Waals surface area contributed by atoms with E-state index in [-0.39, 0.29) is 271 Å². The van der Waals surface area contributed by atoms with Crippen LogP contribution in [0.15, 0.2) is 67.2 Å². The van der Waals surface area contributed by atoms with Crippen LogP contribution in [-0.2, 0) is 157 Å². The van der Waals surface area contributed by atoms with Gasteiger partial charge in [-0.25, -0.2) is 28.8 Å². The smallest absolute Gasteiger partial charge is 0.345 e. The summed E-state index contributed by atoms with van der Waals surface area (Å²) in [4.78, 5) is 86.6. The third-order valence-corrected chi connectivity index (χ3v) is 19.2. The van der Waals surface area contributed by atoms with Crippen LogP contribution in [-0.4, -0.2) is 400 Å². The molecule has 0 fully saturated rings. The van der Waals surface area contributed by atoms with Crippen LogP contribution in [0.5, 0.6) is 0 Å². The van der Waals surface area contributed by atoms with Crippen molar-refractivity contribution in [1.82, 2.24) is 20.9 Å². The molecule has 0 bridgehead atoms. The molecule has 3 rings (SSSR count). The van der Waals surface area contributed by atoms with Crippen LogP contribution in [0.25, 0.3) is 0 Å². The van der Waals surface area contributed by atoms with Crippen LogP contribution in [0.2, 0.25) is 0 Å². The largest absolute Gasteiger partial charge is 0.459 e. The van der Waals surface area contributed by atoms with Gasteiger partial charge in [0.25, 0.3) is 0 Å². The zero-order valence-corrected chi connectivity index (χ0v) is 78.9. The Hall–Kier alpha value is -7.75. The number of carbonyl (C=O) groups excluding carboxylic acids is 6. The molecule has 0 atom stereocenters. The SMILES string of the molecule is COCCOCCOCCOC(=O)C(C(=O)OCCOCCOCCOC)=C1CC(C)(C)CC(NCCOCCN(CCOCCNC2=C(C#N)C(=C(C(=O)OCCOCCOCCOC)C(=O)OCCOCCOCCOC)CC(C)(C)C2)CCOCCNC2=C(C#N)C(=C(C(=O)OCCOCCOCCOC)C(=O)OCCOCCOCCOC)CC(C)(C)C2)=C1C#N. The third-order valence-electron chi connectivity index (χ3n) is 19.2. The normalized spacial score (nSPS) is 14.7. The number of esters is 6. The molecule has 0 amide bonds. The number of allylic oxidation sites excluding steroid dienone is 9. The highest BCUT2D eigenvalue weighted by atomic mass is 16.6. The Morgan fingerprint density at radius 1 is 0.246 bits per heavy atom. The second kappa shape index (κ2) is 73.7. The van der Waals surface area contributed by atoms with Crippen molar-refractivity contribution in [1.29, 1.82) is 15.8 Å². The Kier molecular flexibility index (Phi) is 66.0. The monoisotopic (exact) mass is 1850 g/mol. The van der Waals surface area contributed by atoms with Crippen molar-refractivity contribution in [3.63, 3.8) is 0 Å². The molecule has 0 aromatic carbocycles. The molecule has 0 aromatic rings. The van der Waals surface area contributed by atoms with Gasteiger partial charge in [0.2, 0.25) is 0 Å². The van der Waals surface area contributed by atoms with Gasteiger partial charge in [0.1, 0.15) is 74.6 Å². The summed E-state index contributed by atoms with van der Waals surface area (Å²) < 4.78 is 149. The van der Waals surface area contributed by atoms with E-state index in [1.54, 1.807) is 42.7 Å². The second-order valence-corrected chi connectivity index (χ2v) is 31.6. The Balaban J connectivity index is 1.94. The minimum absolute atomic E-state index is 0.0000313. The molecule has 0 saturated carbocycles. The van der Waals surface area contributed by atoms with Crippen molar-refractivity contribution in [3.05, 3.63) is 67.2 Å². The summed E-state index contributed by atoms with van der Waals surface area (Å²) in [6, 6.07) is 6.75. The highest BCUT2D eigenvalue weighted by molar-refractivity contribution is 6.17. The topological polar surface area (TPSA) is 462 Å². The Bertz CT molecular complexity index is 3080. The average Bonchev–Trinajstić information content (AvgIpc) is 0.789. The summed E-state index contributed by atoms with van der Waals surface area (Å²) in [6.45, 7) is 21.2. The third kappa shape index (κ3) is 52.1. The summed E-state index contributed by atoms with van der Waals surface area (Å²) in [5, 5.41) is 42.7. The molecule has 130 heavy (non-hydrogen) atoms. The summed E-state index contributed by atoms with van der Waals surface area (Å²) in [5.74, 6) is -5.93. The van der Waals surface area contributed by atoms with Crippen molar-refractivity contribution in [2.75, 3.05) is 359 Å². The predicted octanol–water partition coefficient (Wildman–Crippen LogP) is 4.13. The number of ether oxygens (including phenoxy) is 27. The lowest BCUT2D eigenvalue weighted by molar-refractivity contribution is -0.150. The van der Waals surface area contributed by atoms with Gasteiger partial charge in [-0.15, -0.1) is 0 Å². The fourth-order valence-corrected chi connectivity index (χ4v) is 13.0. The minimum Gasteiger partial charge on any atom is -0.459 e. The molecule has 3 aliphatic rings. The standard InChI is InChI=1S/C90H147N7O33/c1-88(2)61-70(79(82(98)125-55-49-119-43-37-113-31-25-104-7)83(99)126-56-50-120-44-38-114-32-26-105-8)73(67-91)76(64-88)94-13-19-110-22-16-97(17-23-111-20-14-95-77-65-89(3,4)62-71(74(77)68-92)80(84(100)127-57-51-121-45-39-115-33-27-106-9)85(101)128-58-52-122-46-40-116-34-28-107-10)18-24-112-21-15-96-78-66-90(5,6)63-72(75(78)69-93)81(86(102)129-59-53-123-47-41-117-35-29-108-11)87(103)130-60-54-124-48-42-118-36-30-109-12/h94-96H,13-66H2,1-12H3. The number of nitrogens with zero attached hydrogens (tertiary/aromatic N) is 4. The van der Waals surface area contributed by atoms with E-state index >= 15 is 0 Å². The highest BCUT2D eigenvalue weighted by Crippen LogP contribution is 2.45. The molecule has 40 heteroatoms. The van der Waals surface area contributed by atoms with Crippen LogP contribution >= 0.6 is 0 Å². The van der Waals surface area contributed by atoms with Gasteiger partial charge < -0.3 is 144 Å². The summed E-state index contributed by atoms with van der Waals surface area (Å²) >= 11 is 0. The molecule has 0 unspecified atom stereocenters. The fraction of sp³-hybridized carbons (Fsp3) is 0.767. The van der Waals surface area contributed by atoms with Crippen LogP contribution < -0.4 is 16.0 Å². The molecule has 0 radical (unpaired) electrons. The first-order chi connectivity index (χ1) is 63.0. The number of methoxy groups -OCH3 is 6. The van der Waals surface area contributed by atoms with Gasteiger partial charge in [0, 0.05) is 99.0 Å². The Morgan fingerprint density at radius 2 is 0.408 bits per heavy atom. The predicted molar refractivity (Wildman–Crippen MR) is 468 cm³/mol. The van der Waals surface area contributed by atoms with Crippen molar-refractivity contribution in [3.8, 4) is 18.2 Å². The molecule has 3 aliphatic carbocycles. The Labute approximate surface area is 767 Å². The number of nitriles is 3. The first-order valence-corrected chi connectivity index (χ1v) is 44.2. The lowest BCUT2D eigenvalue weighted by Crippen LogP contribution is -2.36. The molecular weight excluding hydrogens is 1710 g/mol. The lowest BCUT2D eigenvalue weighted by Gasteiger charge is -2.34. The molecule has 3 N–H and O–H groups in total. The number of hydrogen-bond acceptors (Lipinski definition) is 40. The van der Waals surface area contributed by atoms with E-state index in [2.05, 4.69) is 39.1 Å². The lowest BCUT2D eigenvalue weighted by atomic mass is 9.72. The van der Waals surface area contributed by atoms with E-state index in [0.29, 0.717) is 135 Å². The van der Waals surface area contributed by atoms with Crippen molar-refractivity contribution in [2.24, 2.45) is 16.2 Å². The van der Waals surface area contributed by atoms with Crippen molar-refractivity contribution >= 4 is 35.8 Å². The van der Waals surface area contributed by atoms with Gasteiger partial charge in [0.15, 0.2) is 0 Å². The molecule has 40 nitrogen and oxygen atoms in total. The maximum Gasteiger partial charge on any atom is 0.345 e. The quantitative estimate of drug-likeness (QED) is 0.0192.